The molecule has 416 valence electrons. The van der Waals surface area contributed by atoms with Crippen LogP contribution in [0.3, 0.4) is 0 Å². The van der Waals surface area contributed by atoms with E-state index in [4.69, 9.17) is 24.1 Å². The first-order valence-corrected chi connectivity index (χ1v) is 25.2. The van der Waals surface area contributed by atoms with Crippen molar-refractivity contribution in [3.63, 3.8) is 0 Å². The summed E-state index contributed by atoms with van der Waals surface area (Å²) < 4.78 is 102. The number of urea groups is 2. The fourth-order valence-corrected chi connectivity index (χ4v) is 10.0. The predicted molar refractivity (Wildman–Crippen MR) is 276 cm³/mol. The highest BCUT2D eigenvalue weighted by Gasteiger charge is 2.44. The van der Waals surface area contributed by atoms with Crippen molar-refractivity contribution >= 4 is 46.4 Å². The molecule has 0 unspecified atom stereocenters. The van der Waals surface area contributed by atoms with Gasteiger partial charge < -0.3 is 49.6 Å². The Bertz CT molecular complexity index is 3260. The van der Waals surface area contributed by atoms with E-state index in [0.29, 0.717) is 97.3 Å². The van der Waals surface area contributed by atoms with Crippen LogP contribution in [-0.4, -0.2) is 135 Å². The maximum absolute atomic E-state index is 13.7. The molecule has 20 nitrogen and oxygen atoms in total. The molecule has 0 aliphatic carbocycles. The van der Waals surface area contributed by atoms with Gasteiger partial charge in [0.2, 0.25) is 11.8 Å². The number of aromatic nitrogens is 6. The Morgan fingerprint density at radius 1 is 0.722 bits per heavy atom. The number of aliphatic hydroxyl groups is 2. The fraction of sp³-hybridized carbons (Fsp3) is 0.396. The molecule has 5 aliphatic heterocycles. The van der Waals surface area contributed by atoms with Gasteiger partial charge in [0, 0.05) is 73.2 Å². The maximum atomic E-state index is 13.7. The number of amides is 4. The number of aliphatic hydroxyl groups excluding tert-OH is 2. The van der Waals surface area contributed by atoms with Gasteiger partial charge in [0.05, 0.1) is 47.8 Å². The van der Waals surface area contributed by atoms with Crippen molar-refractivity contribution in [2.45, 2.75) is 83.0 Å². The topological polar surface area (TPSA) is 226 Å². The minimum atomic E-state index is -4.51. The number of alkyl halides is 6. The molecule has 4 amide bonds. The first-order valence-electron chi connectivity index (χ1n) is 25.2. The zero-order chi connectivity index (χ0) is 56.0. The number of benzene rings is 2. The third kappa shape index (κ3) is 11.9. The molecule has 9 heterocycles. The highest BCUT2D eigenvalue weighted by atomic mass is 19.4. The van der Waals surface area contributed by atoms with E-state index in [0.717, 1.165) is 24.3 Å². The number of hydrogen-bond acceptors (Lipinski definition) is 16. The van der Waals surface area contributed by atoms with Crippen LogP contribution < -0.4 is 39.7 Å². The van der Waals surface area contributed by atoms with Crippen LogP contribution in [0.2, 0.25) is 0 Å². The van der Waals surface area contributed by atoms with Gasteiger partial charge in [-0.1, -0.05) is 24.3 Å². The van der Waals surface area contributed by atoms with Crippen molar-refractivity contribution in [3.05, 3.63) is 108 Å². The molecule has 3 fully saturated rings. The number of ether oxygens (including phenoxy) is 4. The SMILES string of the molecule is Cc1nc(-c2cccc(C(F)(F)F)c2)nc2c1N1CC[C@@H](C1)N2C(=O)Nc1ccnc(OC[C@@H](O)CO)c1.Cc1nc(-c2cccc(C(F)(F)F)c2)nc2c1N1CC[C@@H](C1)N2C(=O)Nc1ccnc(OC[C@@H]2COC(C)(C)O2)c1. The summed E-state index contributed by atoms with van der Waals surface area (Å²) in [5, 5.41) is 24.2. The Morgan fingerprint density at radius 2 is 1.20 bits per heavy atom. The van der Waals surface area contributed by atoms with Crippen LogP contribution in [0, 0.1) is 13.8 Å². The summed E-state index contributed by atoms with van der Waals surface area (Å²) in [7, 11) is 0. The van der Waals surface area contributed by atoms with Crippen LogP contribution >= 0.6 is 0 Å². The Morgan fingerprint density at radius 3 is 1.65 bits per heavy atom. The molecule has 5 aliphatic rings. The molecule has 4 aromatic heterocycles. The van der Waals surface area contributed by atoms with E-state index < -0.39 is 54.0 Å². The van der Waals surface area contributed by atoms with E-state index in [1.165, 1.54) is 47.6 Å². The van der Waals surface area contributed by atoms with E-state index >= 15 is 0 Å². The van der Waals surface area contributed by atoms with Crippen LogP contribution in [0.4, 0.5) is 70.3 Å². The summed E-state index contributed by atoms with van der Waals surface area (Å²) in [6, 6.07) is 14.7. The Labute approximate surface area is 448 Å². The molecule has 0 radical (unpaired) electrons. The lowest BCUT2D eigenvalue weighted by atomic mass is 10.1. The molecule has 4 bridgehead atoms. The number of carbonyl (C=O) groups excluding carboxylic acids is 2. The largest absolute Gasteiger partial charge is 0.475 e. The van der Waals surface area contributed by atoms with Gasteiger partial charge in [-0.05, 0) is 76.9 Å². The zero-order valence-corrected chi connectivity index (χ0v) is 43.0. The molecule has 0 saturated carbocycles. The van der Waals surface area contributed by atoms with Crippen molar-refractivity contribution < 1.29 is 65.1 Å². The van der Waals surface area contributed by atoms with Gasteiger partial charge in [-0.25, -0.2) is 39.5 Å². The average molecular weight is 1100 g/mol. The number of hydrogen-bond donors (Lipinski definition) is 4. The van der Waals surface area contributed by atoms with Crippen LogP contribution in [0.25, 0.3) is 22.8 Å². The number of nitrogens with zero attached hydrogens (tertiary/aromatic N) is 10. The quantitative estimate of drug-likeness (QED) is 0.0896. The number of nitrogens with one attached hydrogen (secondary N) is 2. The lowest BCUT2D eigenvalue weighted by Gasteiger charge is -2.36. The number of anilines is 6. The smallest absolute Gasteiger partial charge is 0.416 e. The van der Waals surface area contributed by atoms with E-state index in [2.05, 4.69) is 50.3 Å². The van der Waals surface area contributed by atoms with E-state index in [9.17, 15) is 41.0 Å². The molecular weight excluding hydrogens is 1050 g/mol. The normalized spacial score (nSPS) is 19.3. The second-order valence-electron chi connectivity index (χ2n) is 19.8. The molecular formula is C53H54F6N12O8. The molecule has 3 saturated heterocycles. The van der Waals surface area contributed by atoms with Gasteiger partial charge in [0.25, 0.3) is 0 Å². The number of rotatable bonds is 11. The van der Waals surface area contributed by atoms with Crippen molar-refractivity contribution in [1.29, 1.82) is 0 Å². The summed E-state index contributed by atoms with van der Waals surface area (Å²) in [5.74, 6) is 0.693. The number of aryl methyl sites for hydroxylation is 2. The van der Waals surface area contributed by atoms with Crippen molar-refractivity contribution in [3.8, 4) is 34.5 Å². The highest BCUT2D eigenvalue weighted by Crippen LogP contribution is 2.44. The highest BCUT2D eigenvalue weighted by molar-refractivity contribution is 6.06. The number of fused-ring (bicyclic) bond motifs is 8. The molecule has 79 heavy (non-hydrogen) atoms. The van der Waals surface area contributed by atoms with Gasteiger partial charge >= 0.3 is 24.4 Å². The lowest BCUT2D eigenvalue weighted by molar-refractivity contribution is -0.141. The Hall–Kier alpha value is -7.94. The summed E-state index contributed by atoms with van der Waals surface area (Å²) in [6.45, 7) is 9.78. The number of carbonyl (C=O) groups is 2. The van der Waals surface area contributed by atoms with Crippen molar-refractivity contribution in [1.82, 2.24) is 29.9 Å². The Kier molecular flexibility index (Phi) is 15.0. The molecule has 0 spiro atoms. The van der Waals surface area contributed by atoms with E-state index in [-0.39, 0.29) is 60.1 Å². The molecule has 6 aromatic rings. The third-order valence-electron chi connectivity index (χ3n) is 13.7. The summed E-state index contributed by atoms with van der Waals surface area (Å²) in [4.78, 5) is 61.0. The van der Waals surface area contributed by atoms with Gasteiger partial charge in [-0.15, -0.1) is 0 Å². The molecule has 26 heteroatoms. The van der Waals surface area contributed by atoms with Crippen LogP contribution in [0.5, 0.6) is 11.8 Å². The zero-order valence-electron chi connectivity index (χ0n) is 43.0. The fourth-order valence-electron chi connectivity index (χ4n) is 10.0. The van der Waals surface area contributed by atoms with Crippen molar-refractivity contribution in [2.75, 3.05) is 82.8 Å². The number of halogens is 6. The monoisotopic (exact) mass is 1100 g/mol. The van der Waals surface area contributed by atoms with Crippen LogP contribution in [0.15, 0.2) is 85.2 Å². The third-order valence-corrected chi connectivity index (χ3v) is 13.7. The average Bonchev–Trinajstić information content (AvgIpc) is 4.38. The van der Waals surface area contributed by atoms with Gasteiger partial charge in [0.1, 0.15) is 36.8 Å². The second-order valence-corrected chi connectivity index (χ2v) is 19.8. The molecule has 4 N–H and O–H groups in total. The van der Waals surface area contributed by atoms with Gasteiger partial charge in [-0.3, -0.25) is 9.80 Å². The predicted octanol–water partition coefficient (Wildman–Crippen LogP) is 8.26. The maximum Gasteiger partial charge on any atom is 0.416 e. The standard InChI is InChI=1S/C28H29F3N6O4.C25H25F3N6O4/c1-16-23-25(35-24(33-16)17-5-4-6-18(11-17)28(29,30)31)37(20-8-10-36(23)13-20)26(38)34-19-7-9-32-22(12-19)39-14-21-15-40-27(2,3)41-21;1-14-21-23(32-22(30-14)15-3-2-4-16(9-15)25(26,27)28)34(18-6-8-33(21)11-18)24(37)31-17-5-7-29-20(10-17)38-13-19(36)12-35/h4-7,9,11-12,20-21H,8,10,13-15H2,1-3H3,(H,32,34,38);2-5,7,9-10,18-19,35-36H,6,8,11-13H2,1H3,(H,29,31,37)/t20-,21+;18-,19-/m00/s1. The summed E-state index contributed by atoms with van der Waals surface area (Å²) in [6.07, 6.45) is -5.97. The summed E-state index contributed by atoms with van der Waals surface area (Å²) in [5.41, 5.74) is 2.16. The molecule has 4 atom stereocenters. The number of pyridine rings is 2. The lowest BCUT2D eigenvalue weighted by Crippen LogP contribution is -2.48. The first kappa shape index (κ1) is 54.4. The van der Waals surface area contributed by atoms with Crippen LogP contribution in [-0.2, 0) is 21.8 Å². The first-order chi connectivity index (χ1) is 37.6. The second kappa shape index (κ2) is 21.7. The van der Waals surface area contributed by atoms with Gasteiger partial charge in [0.15, 0.2) is 29.1 Å². The van der Waals surface area contributed by atoms with Crippen LogP contribution in [0.1, 0.15) is 49.2 Å². The van der Waals surface area contributed by atoms with E-state index in [1.807, 2.05) is 13.8 Å². The minimum Gasteiger partial charge on any atom is -0.475 e. The molecule has 11 rings (SSSR count). The van der Waals surface area contributed by atoms with E-state index in [1.54, 1.807) is 36.9 Å². The summed E-state index contributed by atoms with van der Waals surface area (Å²) >= 11 is 0. The Balaban J connectivity index is 0.000000179. The van der Waals surface area contributed by atoms with Crippen molar-refractivity contribution in [2.24, 2.45) is 0 Å². The van der Waals surface area contributed by atoms with Gasteiger partial charge in [-0.2, -0.15) is 26.3 Å². The molecule has 2 aromatic carbocycles. The minimum absolute atomic E-state index is 0.0923.